The fourth-order valence-electron chi connectivity index (χ4n) is 1.86. The number of anilines is 1. The largest absolute Gasteiger partial charge is 0.430 e. The van der Waals surface area contributed by atoms with Crippen molar-refractivity contribution in [3.63, 3.8) is 0 Å². The van der Waals surface area contributed by atoms with E-state index >= 15 is 0 Å². The van der Waals surface area contributed by atoms with Crippen molar-refractivity contribution >= 4 is 11.6 Å². The first kappa shape index (κ1) is 16.0. The quantitative estimate of drug-likeness (QED) is 0.855. The van der Waals surface area contributed by atoms with E-state index in [1.54, 1.807) is 0 Å². The number of hydrogen-bond donors (Lipinski definition) is 2. The van der Waals surface area contributed by atoms with Crippen molar-refractivity contribution in [3.05, 3.63) is 66.0 Å². The van der Waals surface area contributed by atoms with Gasteiger partial charge in [0.05, 0.1) is 0 Å². The molecule has 0 heterocycles. The monoisotopic (exact) mass is 313 g/mol. The number of aliphatic hydroxyl groups is 1. The molecule has 7 heteroatoms. The molecular formula is C15H11F4NO2. The molecular weight excluding hydrogens is 302 g/mol. The van der Waals surface area contributed by atoms with Crippen LogP contribution in [-0.2, 0) is 10.4 Å². The third-order valence-electron chi connectivity index (χ3n) is 3.03. The molecule has 0 saturated carbocycles. The Balaban J connectivity index is 2.38. The van der Waals surface area contributed by atoms with Gasteiger partial charge in [0.2, 0.25) is 0 Å². The minimum atomic E-state index is -5.22. The maximum atomic E-state index is 13.2. The summed E-state index contributed by atoms with van der Waals surface area (Å²) in [6, 6.07) is 10.1. The Morgan fingerprint density at radius 2 is 1.50 bits per heavy atom. The van der Waals surface area contributed by atoms with Gasteiger partial charge in [-0.05, 0) is 24.3 Å². The van der Waals surface area contributed by atoms with E-state index < -0.39 is 29.1 Å². The second kappa shape index (κ2) is 5.76. The van der Waals surface area contributed by atoms with Gasteiger partial charge < -0.3 is 10.4 Å². The molecule has 0 fully saturated rings. The number of amides is 1. The Morgan fingerprint density at radius 1 is 0.955 bits per heavy atom. The van der Waals surface area contributed by atoms with Gasteiger partial charge in [-0.3, -0.25) is 4.79 Å². The van der Waals surface area contributed by atoms with Crippen LogP contribution in [0.2, 0.25) is 0 Å². The zero-order chi connectivity index (χ0) is 16.4. The molecule has 0 aliphatic rings. The average Bonchev–Trinajstić information content (AvgIpc) is 2.48. The Hall–Kier alpha value is -2.41. The van der Waals surface area contributed by atoms with Crippen LogP contribution in [0.1, 0.15) is 5.56 Å². The van der Waals surface area contributed by atoms with Gasteiger partial charge >= 0.3 is 6.18 Å². The van der Waals surface area contributed by atoms with Crippen molar-refractivity contribution in [1.82, 2.24) is 0 Å². The van der Waals surface area contributed by atoms with Crippen LogP contribution in [0.4, 0.5) is 23.2 Å². The second-order valence-corrected chi connectivity index (χ2v) is 4.54. The summed E-state index contributed by atoms with van der Waals surface area (Å²) in [5.41, 5.74) is -4.38. The molecule has 0 aromatic heterocycles. The van der Waals surface area contributed by atoms with E-state index in [9.17, 15) is 27.5 Å². The summed E-state index contributed by atoms with van der Waals surface area (Å²) in [4.78, 5) is 12.0. The predicted molar refractivity (Wildman–Crippen MR) is 71.4 cm³/mol. The highest BCUT2D eigenvalue weighted by Crippen LogP contribution is 2.39. The molecule has 0 aliphatic heterocycles. The molecule has 0 radical (unpaired) electrons. The lowest BCUT2D eigenvalue weighted by molar-refractivity contribution is -0.254. The number of halogens is 4. The zero-order valence-electron chi connectivity index (χ0n) is 11.1. The van der Waals surface area contributed by atoms with Crippen molar-refractivity contribution < 1.29 is 27.5 Å². The molecule has 0 aliphatic carbocycles. The maximum absolute atomic E-state index is 13.2. The van der Waals surface area contributed by atoms with Gasteiger partial charge in [-0.2, -0.15) is 13.2 Å². The van der Waals surface area contributed by atoms with Gasteiger partial charge in [0, 0.05) is 11.3 Å². The van der Waals surface area contributed by atoms with Crippen molar-refractivity contribution in [1.29, 1.82) is 0 Å². The lowest BCUT2D eigenvalue weighted by Gasteiger charge is -2.29. The molecule has 2 rings (SSSR count). The van der Waals surface area contributed by atoms with E-state index in [1.165, 1.54) is 18.2 Å². The van der Waals surface area contributed by atoms with E-state index in [4.69, 9.17) is 0 Å². The minimum absolute atomic E-state index is 0.0648. The number of alkyl halides is 3. The average molecular weight is 313 g/mol. The smallest absolute Gasteiger partial charge is 0.368 e. The summed E-state index contributed by atoms with van der Waals surface area (Å²) in [7, 11) is 0. The molecule has 2 aromatic carbocycles. The second-order valence-electron chi connectivity index (χ2n) is 4.54. The molecule has 22 heavy (non-hydrogen) atoms. The minimum Gasteiger partial charge on any atom is -0.368 e. The van der Waals surface area contributed by atoms with E-state index in [0.29, 0.717) is 0 Å². The van der Waals surface area contributed by atoms with Crippen LogP contribution < -0.4 is 5.32 Å². The fourth-order valence-corrected chi connectivity index (χ4v) is 1.86. The van der Waals surface area contributed by atoms with Crippen molar-refractivity contribution in [2.75, 3.05) is 5.32 Å². The van der Waals surface area contributed by atoms with Crippen LogP contribution in [0.5, 0.6) is 0 Å². The van der Waals surface area contributed by atoms with Crippen LogP contribution >= 0.6 is 0 Å². The van der Waals surface area contributed by atoms with Gasteiger partial charge in [0.25, 0.3) is 11.5 Å². The number of hydrogen-bond acceptors (Lipinski definition) is 2. The normalized spacial score (nSPS) is 14.2. The number of nitrogens with one attached hydrogen (secondary N) is 1. The van der Waals surface area contributed by atoms with Crippen molar-refractivity contribution in [3.8, 4) is 0 Å². The van der Waals surface area contributed by atoms with Crippen LogP contribution in [0, 0.1) is 5.82 Å². The maximum Gasteiger partial charge on any atom is 0.430 e. The molecule has 2 aromatic rings. The first-order valence-corrected chi connectivity index (χ1v) is 6.17. The van der Waals surface area contributed by atoms with Crippen molar-refractivity contribution in [2.24, 2.45) is 0 Å². The summed E-state index contributed by atoms with van der Waals surface area (Å²) in [6.07, 6.45) is -5.22. The number of benzene rings is 2. The molecule has 2 N–H and O–H groups in total. The molecule has 1 unspecified atom stereocenters. The molecule has 0 spiro atoms. The number of carbonyl (C=O) groups is 1. The Kier molecular flexibility index (Phi) is 4.18. The third kappa shape index (κ3) is 2.94. The summed E-state index contributed by atoms with van der Waals surface area (Å²) in [6.45, 7) is 0. The predicted octanol–water partition coefficient (Wildman–Crippen LogP) is 3.21. The van der Waals surface area contributed by atoms with Crippen LogP contribution in [0.15, 0.2) is 54.6 Å². The van der Waals surface area contributed by atoms with Gasteiger partial charge in [-0.25, -0.2) is 4.39 Å². The lowest BCUT2D eigenvalue weighted by atomic mass is 9.92. The fraction of sp³-hybridized carbons (Fsp3) is 0.133. The van der Waals surface area contributed by atoms with Gasteiger partial charge in [-0.1, -0.05) is 30.3 Å². The highest BCUT2D eigenvalue weighted by atomic mass is 19.4. The molecule has 3 nitrogen and oxygen atoms in total. The van der Waals surface area contributed by atoms with E-state index in [1.807, 2.05) is 5.32 Å². The van der Waals surface area contributed by atoms with Gasteiger partial charge in [-0.15, -0.1) is 0 Å². The Labute approximate surface area is 123 Å². The Morgan fingerprint density at radius 3 is 2.00 bits per heavy atom. The Bertz CT molecular complexity index is 655. The first-order valence-electron chi connectivity index (χ1n) is 6.17. The van der Waals surface area contributed by atoms with Gasteiger partial charge in [0.15, 0.2) is 0 Å². The SMILES string of the molecule is O=C(Nc1ccc(F)cc1)C(O)(c1ccccc1)C(F)(F)F. The molecule has 0 bridgehead atoms. The zero-order valence-corrected chi connectivity index (χ0v) is 11.1. The molecule has 116 valence electrons. The summed E-state index contributed by atoms with van der Waals surface area (Å²) >= 11 is 0. The van der Waals surface area contributed by atoms with Crippen LogP contribution in [-0.4, -0.2) is 17.2 Å². The van der Waals surface area contributed by atoms with E-state index in [-0.39, 0.29) is 5.69 Å². The number of carbonyl (C=O) groups excluding carboxylic acids is 1. The summed E-state index contributed by atoms with van der Waals surface area (Å²) in [5, 5.41) is 11.9. The van der Waals surface area contributed by atoms with Crippen LogP contribution in [0.25, 0.3) is 0 Å². The van der Waals surface area contributed by atoms with E-state index in [2.05, 4.69) is 0 Å². The standard InChI is InChI=1S/C15H11F4NO2/c16-11-6-8-12(9-7-11)20-13(21)14(22,15(17,18)19)10-4-2-1-3-5-10/h1-9,22H,(H,20,21). The van der Waals surface area contributed by atoms with Crippen LogP contribution in [0.3, 0.4) is 0 Å². The lowest BCUT2D eigenvalue weighted by Crippen LogP contribution is -2.52. The van der Waals surface area contributed by atoms with Gasteiger partial charge in [0.1, 0.15) is 5.82 Å². The first-order chi connectivity index (χ1) is 10.2. The molecule has 1 atom stereocenters. The molecule has 1 amide bonds. The van der Waals surface area contributed by atoms with Crippen molar-refractivity contribution in [2.45, 2.75) is 11.8 Å². The third-order valence-corrected chi connectivity index (χ3v) is 3.03. The van der Waals surface area contributed by atoms with E-state index in [0.717, 1.165) is 36.4 Å². The molecule has 0 saturated heterocycles. The highest BCUT2D eigenvalue weighted by Gasteiger charge is 2.60. The highest BCUT2D eigenvalue weighted by molar-refractivity contribution is 5.98. The number of rotatable bonds is 3. The summed E-state index contributed by atoms with van der Waals surface area (Å²) in [5.74, 6) is -2.27. The topological polar surface area (TPSA) is 49.3 Å². The summed E-state index contributed by atoms with van der Waals surface area (Å²) < 4.78 is 52.5.